The third-order valence-electron chi connectivity index (χ3n) is 3.22. The fraction of sp³-hybridized carbons (Fsp3) is 0.235. The average molecular weight is 401 g/mol. The Labute approximate surface area is 156 Å². The normalized spacial score (nSPS) is 11.2. The van der Waals surface area contributed by atoms with E-state index in [2.05, 4.69) is 10.0 Å². The van der Waals surface area contributed by atoms with Gasteiger partial charge >= 0.3 is 0 Å². The molecule has 0 aliphatic carbocycles. The van der Waals surface area contributed by atoms with Gasteiger partial charge in [0, 0.05) is 12.2 Å². The smallest absolute Gasteiger partial charge is 0.262 e. The Morgan fingerprint density at radius 2 is 2.00 bits per heavy atom. The van der Waals surface area contributed by atoms with Crippen molar-refractivity contribution in [3.8, 4) is 5.75 Å². The van der Waals surface area contributed by atoms with Crippen LogP contribution in [0, 0.1) is 5.82 Å². The molecule has 0 heterocycles. The van der Waals surface area contributed by atoms with Crippen molar-refractivity contribution in [2.24, 2.45) is 0 Å². The van der Waals surface area contributed by atoms with Gasteiger partial charge in [0.1, 0.15) is 11.6 Å². The fourth-order valence-corrected chi connectivity index (χ4v) is 3.45. The standard InChI is InChI=1S/C17H18ClFN2O4S/c1-2-8-20-26(23,24)14-6-7-16(15(18)10-14)25-11-17(22)21-13-5-3-4-12(19)9-13/h3-7,9-10,20H,2,8,11H2,1H3,(H,21,22). The second kappa shape index (κ2) is 8.98. The molecule has 1 amide bonds. The van der Waals surface area contributed by atoms with Crippen LogP contribution in [0.25, 0.3) is 0 Å². The molecule has 0 fully saturated rings. The summed E-state index contributed by atoms with van der Waals surface area (Å²) in [7, 11) is -3.64. The Balaban J connectivity index is 1.98. The number of amides is 1. The molecule has 0 saturated heterocycles. The number of ether oxygens (including phenoxy) is 1. The predicted molar refractivity (Wildman–Crippen MR) is 97.5 cm³/mol. The number of carbonyl (C=O) groups excluding carboxylic acids is 1. The third kappa shape index (κ3) is 5.69. The van der Waals surface area contributed by atoms with Crippen molar-refractivity contribution in [1.29, 1.82) is 0 Å². The first-order chi connectivity index (χ1) is 12.3. The van der Waals surface area contributed by atoms with Gasteiger partial charge in [-0.25, -0.2) is 17.5 Å². The lowest BCUT2D eigenvalue weighted by Crippen LogP contribution is -2.24. The topological polar surface area (TPSA) is 84.5 Å². The number of carbonyl (C=O) groups is 1. The zero-order chi connectivity index (χ0) is 19.2. The Kier molecular flexibility index (Phi) is 6.96. The summed E-state index contributed by atoms with van der Waals surface area (Å²) >= 11 is 6.04. The Hall–Kier alpha value is -2.16. The summed E-state index contributed by atoms with van der Waals surface area (Å²) in [6.45, 7) is 1.80. The Morgan fingerprint density at radius 1 is 1.23 bits per heavy atom. The number of nitrogens with one attached hydrogen (secondary N) is 2. The maximum Gasteiger partial charge on any atom is 0.262 e. The highest BCUT2D eigenvalue weighted by atomic mass is 35.5. The summed E-state index contributed by atoms with van der Waals surface area (Å²) in [6.07, 6.45) is 0.661. The van der Waals surface area contributed by atoms with Crippen LogP contribution in [0.15, 0.2) is 47.4 Å². The molecule has 0 bridgehead atoms. The van der Waals surface area contributed by atoms with Gasteiger partial charge in [-0.1, -0.05) is 24.6 Å². The van der Waals surface area contributed by atoms with E-state index < -0.39 is 21.7 Å². The quantitative estimate of drug-likeness (QED) is 0.712. The van der Waals surface area contributed by atoms with Crippen LogP contribution >= 0.6 is 11.6 Å². The summed E-state index contributed by atoms with van der Waals surface area (Å²) in [5.74, 6) is -0.816. The van der Waals surface area contributed by atoms with Crippen molar-refractivity contribution in [2.45, 2.75) is 18.2 Å². The van der Waals surface area contributed by atoms with Crippen molar-refractivity contribution in [2.75, 3.05) is 18.5 Å². The molecular weight excluding hydrogens is 383 g/mol. The number of rotatable bonds is 8. The first-order valence-electron chi connectivity index (χ1n) is 7.79. The van der Waals surface area contributed by atoms with Crippen molar-refractivity contribution in [3.05, 3.63) is 53.3 Å². The molecule has 2 aromatic rings. The molecule has 2 rings (SSSR count). The number of halogens is 2. The molecule has 0 unspecified atom stereocenters. The van der Waals surface area contributed by atoms with Gasteiger partial charge < -0.3 is 10.1 Å². The van der Waals surface area contributed by atoms with E-state index in [-0.39, 0.29) is 22.3 Å². The van der Waals surface area contributed by atoms with E-state index in [0.29, 0.717) is 18.7 Å². The highest BCUT2D eigenvalue weighted by Gasteiger charge is 2.16. The lowest BCUT2D eigenvalue weighted by molar-refractivity contribution is -0.118. The molecule has 6 nitrogen and oxygen atoms in total. The van der Waals surface area contributed by atoms with Crippen LogP contribution in [-0.4, -0.2) is 27.5 Å². The third-order valence-corrected chi connectivity index (χ3v) is 4.98. The van der Waals surface area contributed by atoms with E-state index in [0.717, 1.165) is 0 Å². The van der Waals surface area contributed by atoms with E-state index in [4.69, 9.17) is 16.3 Å². The minimum absolute atomic E-state index is 0.00696. The maximum atomic E-state index is 13.1. The number of hydrogen-bond donors (Lipinski definition) is 2. The van der Waals surface area contributed by atoms with Gasteiger partial charge in [-0.15, -0.1) is 0 Å². The van der Waals surface area contributed by atoms with Gasteiger partial charge in [-0.3, -0.25) is 4.79 Å². The fourth-order valence-electron chi connectivity index (χ4n) is 1.99. The summed E-state index contributed by atoms with van der Waals surface area (Å²) in [5.41, 5.74) is 0.299. The van der Waals surface area contributed by atoms with Gasteiger partial charge in [-0.2, -0.15) is 0 Å². The van der Waals surface area contributed by atoms with Gasteiger partial charge in [-0.05, 0) is 42.8 Å². The van der Waals surface area contributed by atoms with Crippen LogP contribution < -0.4 is 14.8 Å². The minimum Gasteiger partial charge on any atom is -0.482 e. The molecule has 140 valence electrons. The predicted octanol–water partition coefficient (Wildman–Crippen LogP) is 3.18. The van der Waals surface area contributed by atoms with Crippen molar-refractivity contribution >= 4 is 33.2 Å². The summed E-state index contributed by atoms with van der Waals surface area (Å²) in [4.78, 5) is 11.9. The van der Waals surface area contributed by atoms with Gasteiger partial charge in [0.15, 0.2) is 6.61 Å². The molecule has 26 heavy (non-hydrogen) atoms. The van der Waals surface area contributed by atoms with Crippen molar-refractivity contribution < 1.29 is 22.3 Å². The van der Waals surface area contributed by atoms with Gasteiger partial charge in [0.05, 0.1) is 9.92 Å². The van der Waals surface area contributed by atoms with Gasteiger partial charge in [0.2, 0.25) is 10.0 Å². The molecule has 0 spiro atoms. The second-order valence-electron chi connectivity index (χ2n) is 5.34. The van der Waals surface area contributed by atoms with Crippen LogP contribution in [0.5, 0.6) is 5.75 Å². The first-order valence-corrected chi connectivity index (χ1v) is 9.65. The molecule has 0 saturated carbocycles. The molecule has 0 atom stereocenters. The van der Waals surface area contributed by atoms with Crippen LogP contribution in [-0.2, 0) is 14.8 Å². The van der Waals surface area contributed by atoms with E-state index in [1.807, 2.05) is 6.92 Å². The molecular formula is C17H18ClFN2O4S. The van der Waals surface area contributed by atoms with Crippen LogP contribution in [0.2, 0.25) is 5.02 Å². The Morgan fingerprint density at radius 3 is 2.65 bits per heavy atom. The van der Waals surface area contributed by atoms with E-state index in [1.165, 1.54) is 42.5 Å². The van der Waals surface area contributed by atoms with Crippen LogP contribution in [0.1, 0.15) is 13.3 Å². The molecule has 0 aromatic heterocycles. The number of sulfonamides is 1. The zero-order valence-corrected chi connectivity index (χ0v) is 15.5. The molecule has 0 radical (unpaired) electrons. The molecule has 2 aromatic carbocycles. The highest BCUT2D eigenvalue weighted by Crippen LogP contribution is 2.27. The maximum absolute atomic E-state index is 13.1. The number of anilines is 1. The van der Waals surface area contributed by atoms with E-state index in [1.54, 1.807) is 0 Å². The summed E-state index contributed by atoms with van der Waals surface area (Å²) in [6, 6.07) is 9.40. The molecule has 2 N–H and O–H groups in total. The second-order valence-corrected chi connectivity index (χ2v) is 7.51. The largest absolute Gasteiger partial charge is 0.482 e. The van der Waals surface area contributed by atoms with Crippen molar-refractivity contribution in [3.63, 3.8) is 0 Å². The monoisotopic (exact) mass is 400 g/mol. The van der Waals surface area contributed by atoms with Crippen molar-refractivity contribution in [1.82, 2.24) is 4.72 Å². The Bertz CT molecular complexity index is 890. The SMILES string of the molecule is CCCNS(=O)(=O)c1ccc(OCC(=O)Nc2cccc(F)c2)c(Cl)c1. The summed E-state index contributed by atoms with van der Waals surface area (Å²) in [5, 5.41) is 2.54. The molecule has 9 heteroatoms. The average Bonchev–Trinajstić information content (AvgIpc) is 2.59. The van der Waals surface area contributed by atoms with E-state index in [9.17, 15) is 17.6 Å². The zero-order valence-electron chi connectivity index (χ0n) is 14.0. The minimum atomic E-state index is -3.64. The molecule has 0 aliphatic rings. The molecule has 0 aliphatic heterocycles. The van der Waals surface area contributed by atoms with Crippen LogP contribution in [0.3, 0.4) is 0 Å². The number of hydrogen-bond acceptors (Lipinski definition) is 4. The lowest BCUT2D eigenvalue weighted by Gasteiger charge is -2.11. The highest BCUT2D eigenvalue weighted by molar-refractivity contribution is 7.89. The summed E-state index contributed by atoms with van der Waals surface area (Å²) < 4.78 is 44.9. The number of benzene rings is 2. The van der Waals surface area contributed by atoms with E-state index >= 15 is 0 Å². The lowest BCUT2D eigenvalue weighted by atomic mass is 10.3. The van der Waals surface area contributed by atoms with Crippen LogP contribution in [0.4, 0.5) is 10.1 Å². The van der Waals surface area contributed by atoms with Gasteiger partial charge in [0.25, 0.3) is 5.91 Å². The first kappa shape index (κ1) is 20.2.